The van der Waals surface area contributed by atoms with Crippen LogP contribution in [0.4, 0.5) is 0 Å². The van der Waals surface area contributed by atoms with Crippen molar-refractivity contribution in [3.63, 3.8) is 0 Å². The number of thiazole rings is 1. The van der Waals surface area contributed by atoms with Crippen LogP contribution in [0.2, 0.25) is 0 Å². The van der Waals surface area contributed by atoms with Gasteiger partial charge in [-0.2, -0.15) is 0 Å². The molecular weight excluding hydrogens is 248 g/mol. The smallest absolute Gasteiger partial charge is 0.231 e. The Hall–Kier alpha value is -1.59. The quantitative estimate of drug-likeness (QED) is 0.920. The van der Waals surface area contributed by atoms with Gasteiger partial charge in [-0.15, -0.1) is 11.3 Å². The maximum atomic E-state index is 5.36. The maximum absolute atomic E-state index is 5.36. The van der Waals surface area contributed by atoms with Gasteiger partial charge in [0.05, 0.1) is 6.04 Å². The summed E-state index contributed by atoms with van der Waals surface area (Å²) in [6.45, 7) is 3.23. The van der Waals surface area contributed by atoms with Gasteiger partial charge in [0.25, 0.3) is 0 Å². The molecule has 3 rings (SSSR count). The summed E-state index contributed by atoms with van der Waals surface area (Å²) in [5.41, 5.74) is 1.18. The Morgan fingerprint density at radius 3 is 3.11 bits per heavy atom. The second-order valence-electron chi connectivity index (χ2n) is 4.16. The van der Waals surface area contributed by atoms with Crippen molar-refractivity contribution in [2.75, 3.05) is 6.79 Å². The van der Waals surface area contributed by atoms with E-state index in [4.69, 9.17) is 9.47 Å². The van der Waals surface area contributed by atoms with Crippen LogP contribution in [0.1, 0.15) is 23.5 Å². The summed E-state index contributed by atoms with van der Waals surface area (Å²) in [6.07, 6.45) is 1.83. The van der Waals surface area contributed by atoms with Crippen molar-refractivity contribution >= 4 is 11.3 Å². The lowest BCUT2D eigenvalue weighted by atomic mass is 10.2. The predicted octanol–water partition coefficient (Wildman–Crippen LogP) is 2.72. The van der Waals surface area contributed by atoms with E-state index in [9.17, 15) is 0 Å². The molecule has 0 amide bonds. The molecule has 0 saturated carbocycles. The molecule has 4 nitrogen and oxygen atoms in total. The van der Waals surface area contributed by atoms with E-state index in [-0.39, 0.29) is 6.04 Å². The normalized spacial score (nSPS) is 14.7. The molecule has 1 aliphatic rings. The van der Waals surface area contributed by atoms with E-state index >= 15 is 0 Å². The molecule has 1 aromatic carbocycles. The molecule has 94 valence electrons. The second kappa shape index (κ2) is 4.96. The highest BCUT2D eigenvalue weighted by atomic mass is 32.1. The summed E-state index contributed by atoms with van der Waals surface area (Å²) in [4.78, 5) is 4.30. The summed E-state index contributed by atoms with van der Waals surface area (Å²) in [5, 5.41) is 6.55. The van der Waals surface area contributed by atoms with Crippen LogP contribution < -0.4 is 14.8 Å². The van der Waals surface area contributed by atoms with Gasteiger partial charge in [-0.25, -0.2) is 4.98 Å². The standard InChI is InChI=1S/C13H14N2O2S/c1-9(13-14-4-5-18-13)15-7-10-2-3-11-12(6-10)17-8-16-11/h2-6,9,15H,7-8H2,1H3. The van der Waals surface area contributed by atoms with E-state index < -0.39 is 0 Å². The summed E-state index contributed by atoms with van der Waals surface area (Å²) in [5.74, 6) is 1.66. The van der Waals surface area contributed by atoms with Gasteiger partial charge in [-0.3, -0.25) is 0 Å². The molecule has 0 aliphatic carbocycles. The van der Waals surface area contributed by atoms with Crippen molar-refractivity contribution in [3.05, 3.63) is 40.3 Å². The van der Waals surface area contributed by atoms with E-state index in [2.05, 4.69) is 23.3 Å². The molecule has 2 heterocycles. The van der Waals surface area contributed by atoms with Gasteiger partial charge in [0.2, 0.25) is 6.79 Å². The topological polar surface area (TPSA) is 43.4 Å². The average molecular weight is 262 g/mol. The first-order valence-corrected chi connectivity index (χ1v) is 6.72. The van der Waals surface area contributed by atoms with Crippen LogP contribution >= 0.6 is 11.3 Å². The van der Waals surface area contributed by atoms with E-state index in [1.54, 1.807) is 11.3 Å². The lowest BCUT2D eigenvalue weighted by Gasteiger charge is -2.11. The van der Waals surface area contributed by atoms with Crippen LogP contribution in [0.25, 0.3) is 0 Å². The van der Waals surface area contributed by atoms with E-state index in [1.807, 2.05) is 23.7 Å². The molecule has 5 heteroatoms. The SMILES string of the molecule is CC(NCc1ccc2c(c1)OCO2)c1nccs1. The molecule has 18 heavy (non-hydrogen) atoms. The lowest BCUT2D eigenvalue weighted by molar-refractivity contribution is 0.174. The van der Waals surface area contributed by atoms with Crippen molar-refractivity contribution in [1.29, 1.82) is 0 Å². The summed E-state index contributed by atoms with van der Waals surface area (Å²) in [6, 6.07) is 6.28. The fourth-order valence-electron chi connectivity index (χ4n) is 1.86. The molecule has 1 unspecified atom stereocenters. The third kappa shape index (κ3) is 2.32. The van der Waals surface area contributed by atoms with Crippen LogP contribution in [0.3, 0.4) is 0 Å². The molecule has 1 atom stereocenters. The highest BCUT2D eigenvalue weighted by molar-refractivity contribution is 7.09. The fraction of sp³-hybridized carbons (Fsp3) is 0.308. The summed E-state index contributed by atoms with van der Waals surface area (Å²) < 4.78 is 10.6. The van der Waals surface area contributed by atoms with Gasteiger partial charge in [-0.05, 0) is 24.6 Å². The fourth-order valence-corrected chi connectivity index (χ4v) is 2.53. The van der Waals surface area contributed by atoms with Gasteiger partial charge in [0, 0.05) is 18.1 Å². The predicted molar refractivity (Wildman–Crippen MR) is 69.9 cm³/mol. The Balaban J connectivity index is 1.63. The summed E-state index contributed by atoms with van der Waals surface area (Å²) >= 11 is 1.67. The molecule has 2 aromatic rings. The van der Waals surface area contributed by atoms with Crippen LogP contribution in [0.15, 0.2) is 29.8 Å². The highest BCUT2D eigenvalue weighted by Gasteiger charge is 2.13. The van der Waals surface area contributed by atoms with Crippen LogP contribution in [0.5, 0.6) is 11.5 Å². The van der Waals surface area contributed by atoms with E-state index in [0.29, 0.717) is 6.79 Å². The van der Waals surface area contributed by atoms with Gasteiger partial charge in [0.1, 0.15) is 5.01 Å². The highest BCUT2D eigenvalue weighted by Crippen LogP contribution is 2.32. The molecular formula is C13H14N2O2S. The minimum Gasteiger partial charge on any atom is -0.454 e. The molecule has 0 spiro atoms. The molecule has 1 N–H and O–H groups in total. The third-order valence-corrected chi connectivity index (χ3v) is 3.83. The van der Waals surface area contributed by atoms with Crippen LogP contribution in [-0.2, 0) is 6.54 Å². The first-order valence-electron chi connectivity index (χ1n) is 5.84. The molecule has 0 fully saturated rings. The Morgan fingerprint density at radius 2 is 2.28 bits per heavy atom. The molecule has 1 aromatic heterocycles. The van der Waals surface area contributed by atoms with Gasteiger partial charge >= 0.3 is 0 Å². The van der Waals surface area contributed by atoms with Gasteiger partial charge < -0.3 is 14.8 Å². The average Bonchev–Trinajstić information content (AvgIpc) is 3.05. The number of nitrogens with one attached hydrogen (secondary N) is 1. The number of aromatic nitrogens is 1. The Labute approximate surface area is 110 Å². The molecule has 0 radical (unpaired) electrons. The lowest BCUT2D eigenvalue weighted by Crippen LogP contribution is -2.17. The number of benzene rings is 1. The Morgan fingerprint density at radius 1 is 1.39 bits per heavy atom. The first kappa shape index (κ1) is 11.5. The second-order valence-corrected chi connectivity index (χ2v) is 5.09. The molecule has 0 bridgehead atoms. The van der Waals surface area contributed by atoms with E-state index in [0.717, 1.165) is 23.1 Å². The van der Waals surface area contributed by atoms with Crippen molar-refractivity contribution in [2.45, 2.75) is 19.5 Å². The van der Waals surface area contributed by atoms with Crippen molar-refractivity contribution in [3.8, 4) is 11.5 Å². The number of hydrogen-bond acceptors (Lipinski definition) is 5. The zero-order valence-electron chi connectivity index (χ0n) is 10.1. The molecule has 0 saturated heterocycles. The zero-order chi connectivity index (χ0) is 12.4. The largest absolute Gasteiger partial charge is 0.454 e. The van der Waals surface area contributed by atoms with Crippen LogP contribution in [-0.4, -0.2) is 11.8 Å². The monoisotopic (exact) mass is 262 g/mol. The zero-order valence-corrected chi connectivity index (χ0v) is 10.9. The van der Waals surface area contributed by atoms with Crippen molar-refractivity contribution in [2.24, 2.45) is 0 Å². The number of hydrogen-bond donors (Lipinski definition) is 1. The van der Waals surface area contributed by atoms with Gasteiger partial charge in [-0.1, -0.05) is 6.07 Å². The number of fused-ring (bicyclic) bond motifs is 1. The third-order valence-electron chi connectivity index (χ3n) is 2.87. The number of ether oxygens (including phenoxy) is 2. The van der Waals surface area contributed by atoms with Crippen LogP contribution in [0, 0.1) is 0 Å². The molecule has 1 aliphatic heterocycles. The number of rotatable bonds is 4. The number of nitrogens with zero attached hydrogens (tertiary/aromatic N) is 1. The van der Waals surface area contributed by atoms with Gasteiger partial charge in [0.15, 0.2) is 11.5 Å². The maximum Gasteiger partial charge on any atom is 0.231 e. The van der Waals surface area contributed by atoms with Crippen molar-refractivity contribution < 1.29 is 9.47 Å². The van der Waals surface area contributed by atoms with E-state index in [1.165, 1.54) is 5.56 Å². The Kier molecular flexibility index (Phi) is 3.17. The Bertz CT molecular complexity index is 528. The first-order chi connectivity index (χ1) is 8.83. The minimum absolute atomic E-state index is 0.260. The van der Waals surface area contributed by atoms with Crippen molar-refractivity contribution in [1.82, 2.24) is 10.3 Å². The summed E-state index contributed by atoms with van der Waals surface area (Å²) in [7, 11) is 0. The minimum atomic E-state index is 0.260.